The van der Waals surface area contributed by atoms with Gasteiger partial charge < -0.3 is 30.5 Å². The number of halogens is 4. The van der Waals surface area contributed by atoms with Crippen molar-refractivity contribution in [2.45, 2.75) is 48.9 Å². The molecule has 16 heteroatoms. The molecule has 2 aliphatic heterocycles. The minimum absolute atomic E-state index is 0.00437. The molecule has 10 nitrogen and oxygen atoms in total. The van der Waals surface area contributed by atoms with E-state index in [1.165, 1.54) is 7.11 Å². The molecule has 0 bridgehead atoms. The van der Waals surface area contributed by atoms with Crippen molar-refractivity contribution in [2.24, 2.45) is 5.92 Å². The first-order valence-corrected chi connectivity index (χ1v) is 14.4. The number of rotatable bonds is 8. The highest BCUT2D eigenvalue weighted by Gasteiger charge is 2.35. The highest BCUT2D eigenvalue weighted by atomic mass is 32.2. The van der Waals surface area contributed by atoms with Gasteiger partial charge in [-0.1, -0.05) is 31.1 Å². The Labute approximate surface area is 241 Å². The minimum atomic E-state index is -4.54. The number of fused-ring (bicyclic) bond motifs is 1. The topological polar surface area (TPSA) is 130 Å². The normalized spacial score (nSPS) is 20.9. The van der Waals surface area contributed by atoms with Gasteiger partial charge in [-0.15, -0.1) is 11.3 Å². The Balaban J connectivity index is 0.000000426. The number of piperidine rings is 1. The lowest BCUT2D eigenvalue weighted by Gasteiger charge is -2.28. The third-order valence-corrected chi connectivity index (χ3v) is 8.51. The van der Waals surface area contributed by atoms with Crippen LogP contribution in [0, 0.1) is 5.92 Å². The van der Waals surface area contributed by atoms with Crippen LogP contribution < -0.4 is 21.3 Å². The molecule has 0 spiro atoms. The summed E-state index contributed by atoms with van der Waals surface area (Å²) in [7, 11) is 1.53. The Morgan fingerprint density at radius 2 is 2.10 bits per heavy atom. The number of hydrogen-bond donors (Lipinski definition) is 4. The van der Waals surface area contributed by atoms with Gasteiger partial charge in [0.2, 0.25) is 5.82 Å². The van der Waals surface area contributed by atoms with Gasteiger partial charge in [0.05, 0.1) is 21.3 Å². The number of Topliss-reactive ketones (excluding diaryl/α,β-unsaturated/α-hetero) is 1. The van der Waals surface area contributed by atoms with Crippen LogP contribution in [0.2, 0.25) is 0 Å². The van der Waals surface area contributed by atoms with Crippen molar-refractivity contribution in [2.75, 3.05) is 38.7 Å². The van der Waals surface area contributed by atoms with Crippen LogP contribution in [-0.4, -0.2) is 73.0 Å². The molecule has 2 aliphatic rings. The van der Waals surface area contributed by atoms with E-state index in [9.17, 15) is 27.2 Å². The molecule has 3 unspecified atom stereocenters. The summed E-state index contributed by atoms with van der Waals surface area (Å²) in [5, 5.41) is 15.5. The van der Waals surface area contributed by atoms with Crippen molar-refractivity contribution >= 4 is 50.7 Å². The molecule has 3 aromatic rings. The second kappa shape index (κ2) is 13.4. The maximum Gasteiger partial charge on any atom is 0.446 e. The number of hydrogen-bond acceptors (Lipinski definition) is 10. The van der Waals surface area contributed by atoms with Crippen LogP contribution in [0.5, 0.6) is 0 Å². The van der Waals surface area contributed by atoms with E-state index in [1.807, 2.05) is 13.8 Å². The van der Waals surface area contributed by atoms with E-state index in [-0.39, 0.29) is 64.6 Å². The van der Waals surface area contributed by atoms with Gasteiger partial charge in [0.15, 0.2) is 5.78 Å². The molecule has 2 saturated heterocycles. The number of ether oxygens (including phenoxy) is 1. The number of carbonyl (C=O) groups excluding carboxylic acids is 2. The van der Waals surface area contributed by atoms with E-state index in [0.717, 1.165) is 11.3 Å². The average molecular weight is 619 g/mol. The number of ketones is 1. The highest BCUT2D eigenvalue weighted by molar-refractivity contribution is 8.00. The van der Waals surface area contributed by atoms with Gasteiger partial charge in [0.25, 0.3) is 5.89 Å². The Morgan fingerprint density at radius 1 is 1.32 bits per heavy atom. The molecule has 0 aliphatic carbocycles. The first-order chi connectivity index (χ1) is 19.5. The molecule has 224 valence electrons. The number of urea groups is 1. The summed E-state index contributed by atoms with van der Waals surface area (Å²) in [6.07, 6.45) is -0.567. The summed E-state index contributed by atoms with van der Waals surface area (Å²) in [5.41, 5.74) is -3.99. The summed E-state index contributed by atoms with van der Waals surface area (Å²) in [6.45, 7) is 5.07. The van der Waals surface area contributed by atoms with Crippen molar-refractivity contribution in [1.82, 2.24) is 26.1 Å². The van der Waals surface area contributed by atoms with Crippen molar-refractivity contribution in [3.63, 3.8) is 0 Å². The number of thioether (sulfide) groups is 1. The zero-order chi connectivity index (χ0) is 29.7. The van der Waals surface area contributed by atoms with E-state index in [4.69, 9.17) is 4.52 Å². The van der Waals surface area contributed by atoms with Crippen molar-refractivity contribution < 1.29 is 36.4 Å². The molecule has 4 heterocycles. The number of thiophene rings is 1. The highest BCUT2D eigenvalue weighted by Crippen LogP contribution is 2.50. The number of amides is 2. The standard InChI is InChI=1S/C19H18F4N6O2S2.C6H12O2/c20-9-6-24-5-4-10(9)26-11-3-1-2-8-13(11)32-15(14(8)33-19(21,22)23)16-28-17(31-29-16)12-7-25-18(30)27-12;1-5(2)6(7)4-8-3/h1-3,9-10,12,24,26H,4-7H2,(H2,25,27,30);5H,4H2,1-3H3. The lowest BCUT2D eigenvalue weighted by molar-refractivity contribution is -0.125. The van der Waals surface area contributed by atoms with Gasteiger partial charge in [0, 0.05) is 36.4 Å². The van der Waals surface area contributed by atoms with Crippen LogP contribution >= 0.6 is 23.1 Å². The summed E-state index contributed by atoms with van der Waals surface area (Å²) in [4.78, 5) is 26.4. The first-order valence-electron chi connectivity index (χ1n) is 12.8. The van der Waals surface area contributed by atoms with Gasteiger partial charge >= 0.3 is 11.5 Å². The molecule has 2 fully saturated rings. The maximum atomic E-state index is 14.3. The summed E-state index contributed by atoms with van der Waals surface area (Å²) >= 11 is 0.832. The zero-order valence-electron chi connectivity index (χ0n) is 22.4. The largest absolute Gasteiger partial charge is 0.446 e. The Morgan fingerprint density at radius 3 is 2.71 bits per heavy atom. The van der Waals surface area contributed by atoms with E-state index in [0.29, 0.717) is 28.7 Å². The third kappa shape index (κ3) is 7.87. The van der Waals surface area contributed by atoms with E-state index < -0.39 is 29.8 Å². The molecule has 41 heavy (non-hydrogen) atoms. The first kappa shape index (κ1) is 31.0. The second-order valence-corrected chi connectivity index (χ2v) is 11.8. The Kier molecular flexibility index (Phi) is 10.1. The molecule has 5 rings (SSSR count). The van der Waals surface area contributed by atoms with Crippen LogP contribution in [0.15, 0.2) is 27.6 Å². The smallest absolute Gasteiger partial charge is 0.378 e. The summed E-state index contributed by atoms with van der Waals surface area (Å²) in [5.74, 6) is 0.356. The summed E-state index contributed by atoms with van der Waals surface area (Å²) in [6, 6.07) is 3.54. The van der Waals surface area contributed by atoms with Gasteiger partial charge in [-0.3, -0.25) is 4.79 Å². The number of aromatic nitrogens is 2. The van der Waals surface area contributed by atoms with Crippen molar-refractivity contribution in [3.05, 3.63) is 24.1 Å². The number of nitrogens with zero attached hydrogens (tertiary/aromatic N) is 2. The van der Waals surface area contributed by atoms with E-state index in [1.54, 1.807) is 18.2 Å². The lowest BCUT2D eigenvalue weighted by atomic mass is 10.0. The number of benzene rings is 1. The van der Waals surface area contributed by atoms with Crippen LogP contribution in [-0.2, 0) is 9.53 Å². The predicted octanol–water partition coefficient (Wildman–Crippen LogP) is 4.89. The zero-order valence-corrected chi connectivity index (χ0v) is 24.1. The van der Waals surface area contributed by atoms with Gasteiger partial charge in [-0.25, -0.2) is 9.18 Å². The van der Waals surface area contributed by atoms with E-state index in [2.05, 4.69) is 36.1 Å². The Hall–Kier alpha value is -2.95. The van der Waals surface area contributed by atoms with Gasteiger partial charge in [0.1, 0.15) is 18.8 Å². The minimum Gasteiger partial charge on any atom is -0.378 e. The molecular formula is C25H30F4N6O4S2. The molecule has 0 saturated carbocycles. The SMILES string of the molecule is COCC(=O)C(C)C.O=C1NCC(c2nc(-c3sc4c(NC5CCNCC5F)cccc4c3SC(F)(F)F)no2)N1. The monoisotopic (exact) mass is 618 g/mol. The van der Waals surface area contributed by atoms with Crippen LogP contribution in [0.25, 0.3) is 20.8 Å². The molecular weight excluding hydrogens is 588 g/mol. The Bertz CT molecular complexity index is 1370. The third-order valence-electron chi connectivity index (χ3n) is 6.28. The lowest BCUT2D eigenvalue weighted by Crippen LogP contribution is -2.45. The summed E-state index contributed by atoms with van der Waals surface area (Å²) < 4.78 is 65.0. The van der Waals surface area contributed by atoms with Crippen molar-refractivity contribution in [1.29, 1.82) is 0 Å². The molecule has 2 aromatic heterocycles. The number of nitrogens with one attached hydrogen (secondary N) is 4. The second-order valence-electron chi connectivity index (χ2n) is 9.67. The number of carbonyl (C=O) groups is 2. The van der Waals surface area contributed by atoms with Crippen LogP contribution in [0.4, 0.5) is 28.0 Å². The number of alkyl halides is 4. The fourth-order valence-corrected chi connectivity index (χ4v) is 6.25. The molecule has 4 N–H and O–H groups in total. The van der Waals surface area contributed by atoms with Gasteiger partial charge in [-0.05, 0) is 30.8 Å². The van der Waals surface area contributed by atoms with Crippen LogP contribution in [0.3, 0.4) is 0 Å². The fourth-order valence-electron chi connectivity index (χ4n) is 4.14. The van der Waals surface area contributed by atoms with Crippen LogP contribution in [0.1, 0.15) is 32.2 Å². The van der Waals surface area contributed by atoms with Crippen molar-refractivity contribution in [3.8, 4) is 10.7 Å². The van der Waals surface area contributed by atoms with Gasteiger partial charge in [-0.2, -0.15) is 18.2 Å². The molecule has 3 atom stereocenters. The molecule has 0 radical (unpaired) electrons. The fraction of sp³-hybridized carbons (Fsp3) is 0.520. The predicted molar refractivity (Wildman–Crippen MR) is 148 cm³/mol. The quantitative estimate of drug-likeness (QED) is 0.206. The number of anilines is 1. The molecule has 1 aromatic carbocycles. The average Bonchev–Trinajstić information content (AvgIpc) is 3.64. The number of methoxy groups -OCH3 is 1. The molecule has 2 amide bonds. The maximum absolute atomic E-state index is 14.3. The van der Waals surface area contributed by atoms with E-state index >= 15 is 0 Å².